The maximum Gasteiger partial charge on any atom is 0.251 e. The zero-order chi connectivity index (χ0) is 32.4. The summed E-state index contributed by atoms with van der Waals surface area (Å²) in [4.78, 5) is 49.4. The maximum atomic E-state index is 15.0. The van der Waals surface area contributed by atoms with Crippen molar-refractivity contribution in [3.8, 4) is 0 Å². The number of thioether (sulfide) groups is 1. The number of alkyl halides is 1. The van der Waals surface area contributed by atoms with Gasteiger partial charge in [0.25, 0.3) is 5.91 Å². The van der Waals surface area contributed by atoms with Gasteiger partial charge in [-0.25, -0.2) is 0 Å². The molecule has 3 aliphatic rings. The average Bonchev–Trinajstić information content (AvgIpc) is 3.67. The predicted octanol–water partition coefficient (Wildman–Crippen LogP) is 6.21. The van der Waals surface area contributed by atoms with Crippen molar-refractivity contribution in [2.75, 3.05) is 36.0 Å². The van der Waals surface area contributed by atoms with Crippen LogP contribution >= 0.6 is 27.7 Å². The molecule has 3 aliphatic heterocycles. The van der Waals surface area contributed by atoms with Crippen molar-refractivity contribution in [2.45, 2.75) is 46.5 Å². The summed E-state index contributed by atoms with van der Waals surface area (Å²) in [5, 5.41) is 11.3. The number of fused-ring (bicyclic) bond motifs is 2. The lowest BCUT2D eigenvalue weighted by Crippen LogP contribution is -2.56. The van der Waals surface area contributed by atoms with Crippen molar-refractivity contribution in [3.63, 3.8) is 0 Å². The monoisotopic (exact) mass is 701 g/mol. The molecule has 2 bridgehead atoms. The summed E-state index contributed by atoms with van der Waals surface area (Å²) in [7, 11) is 0. The Morgan fingerprint density at radius 1 is 0.913 bits per heavy atom. The molecular weight excluding hydrogens is 662 g/mol. The van der Waals surface area contributed by atoms with Gasteiger partial charge in [-0.2, -0.15) is 0 Å². The molecule has 1 N–H and O–H groups in total. The number of carbonyl (C=O) groups is 3. The van der Waals surface area contributed by atoms with E-state index in [0.717, 1.165) is 28.6 Å². The maximum absolute atomic E-state index is 15.0. The van der Waals surface area contributed by atoms with Crippen LogP contribution < -0.4 is 9.80 Å². The third kappa shape index (κ3) is 5.60. The molecule has 3 saturated heterocycles. The molecule has 240 valence electrons. The van der Waals surface area contributed by atoms with E-state index in [-0.39, 0.29) is 41.0 Å². The summed E-state index contributed by atoms with van der Waals surface area (Å²) in [6, 6.07) is 22.8. The van der Waals surface area contributed by atoms with Gasteiger partial charge in [0, 0.05) is 47.7 Å². The zero-order valence-corrected chi connectivity index (χ0v) is 28.2. The SMILES string of the molecule is C=CCN(C(=O)C1N(CCCCCO)C(=O)[C@@H]2[C@H](C(=O)N(CC=C)c3ccccc3)[C@H]3SC12CC3Br)c1ccc2ccccc2c1. The fraction of sp³-hybridized carbons (Fsp3) is 0.378. The molecule has 3 aromatic rings. The molecule has 1 spiro atoms. The van der Waals surface area contributed by atoms with Crippen molar-refractivity contribution < 1.29 is 19.5 Å². The molecule has 3 unspecified atom stereocenters. The highest BCUT2D eigenvalue weighted by molar-refractivity contribution is 9.09. The minimum Gasteiger partial charge on any atom is -0.396 e. The number of anilines is 2. The number of para-hydroxylation sites is 1. The number of hydrogen-bond acceptors (Lipinski definition) is 5. The lowest BCUT2D eigenvalue weighted by molar-refractivity contribution is -0.139. The van der Waals surface area contributed by atoms with Crippen molar-refractivity contribution in [1.82, 2.24) is 4.90 Å². The summed E-state index contributed by atoms with van der Waals surface area (Å²) in [6.07, 6.45) is 6.06. The van der Waals surface area contributed by atoms with E-state index in [2.05, 4.69) is 29.1 Å². The van der Waals surface area contributed by atoms with Gasteiger partial charge in [0.15, 0.2) is 0 Å². The average molecular weight is 703 g/mol. The van der Waals surface area contributed by atoms with Crippen molar-refractivity contribution in [1.29, 1.82) is 0 Å². The summed E-state index contributed by atoms with van der Waals surface area (Å²) in [5.74, 6) is -1.62. The standard InChI is InChI=1S/C37H40BrN3O4S/c1-3-19-39(27-15-7-5-8-16-27)34(43)30-31-35(44)41(21-11-6-12-22-42)33(37(31)24-29(38)32(30)46-37)36(45)40(20-4-2)28-18-17-25-13-9-10-14-26(25)23-28/h3-5,7-10,13-18,23,29-33,42H,1-2,6,11-12,19-22,24H2/t29?,30-,31-,32-,33?,37?/m0/s1. The van der Waals surface area contributed by atoms with Crippen LogP contribution in [0.2, 0.25) is 0 Å². The first-order chi connectivity index (χ1) is 22.4. The molecule has 46 heavy (non-hydrogen) atoms. The van der Waals surface area contributed by atoms with Crippen LogP contribution in [0.25, 0.3) is 10.8 Å². The molecule has 3 fully saturated rings. The lowest BCUT2D eigenvalue weighted by Gasteiger charge is -2.38. The second kappa shape index (κ2) is 13.8. The van der Waals surface area contributed by atoms with Gasteiger partial charge in [-0.05, 0) is 60.7 Å². The Balaban J connectivity index is 1.41. The third-order valence-corrected chi connectivity index (χ3v) is 12.9. The van der Waals surface area contributed by atoms with Crippen LogP contribution in [0.4, 0.5) is 11.4 Å². The smallest absolute Gasteiger partial charge is 0.251 e. The minimum atomic E-state index is -0.767. The van der Waals surface area contributed by atoms with E-state index < -0.39 is 22.6 Å². The Morgan fingerprint density at radius 2 is 1.59 bits per heavy atom. The molecule has 0 saturated carbocycles. The van der Waals surface area contributed by atoms with Crippen LogP contribution in [0.5, 0.6) is 0 Å². The van der Waals surface area contributed by atoms with Gasteiger partial charge in [-0.15, -0.1) is 24.9 Å². The number of halogens is 1. The van der Waals surface area contributed by atoms with Crippen LogP contribution in [0.1, 0.15) is 25.7 Å². The van der Waals surface area contributed by atoms with Crippen molar-refractivity contribution in [3.05, 3.63) is 98.1 Å². The summed E-state index contributed by atoms with van der Waals surface area (Å²) >= 11 is 5.55. The number of rotatable bonds is 13. The number of hydrogen-bond donors (Lipinski definition) is 1. The van der Waals surface area contributed by atoms with Gasteiger partial charge in [0.2, 0.25) is 11.8 Å². The fourth-order valence-corrected chi connectivity index (χ4v) is 11.3. The Hall–Kier alpha value is -3.40. The van der Waals surface area contributed by atoms with E-state index >= 15 is 0 Å². The van der Waals surface area contributed by atoms with Gasteiger partial charge in [0.1, 0.15) is 6.04 Å². The minimum absolute atomic E-state index is 0.0324. The molecule has 0 aliphatic carbocycles. The van der Waals surface area contributed by atoms with E-state index in [0.29, 0.717) is 32.4 Å². The van der Waals surface area contributed by atoms with Gasteiger partial charge in [-0.1, -0.05) is 76.6 Å². The first-order valence-corrected chi connectivity index (χ1v) is 17.8. The van der Waals surface area contributed by atoms with Crippen molar-refractivity contribution >= 4 is 67.6 Å². The Labute approximate surface area is 283 Å². The first-order valence-electron chi connectivity index (χ1n) is 16.0. The van der Waals surface area contributed by atoms with Crippen LogP contribution in [-0.2, 0) is 14.4 Å². The highest BCUT2D eigenvalue weighted by Crippen LogP contribution is 2.68. The predicted molar refractivity (Wildman–Crippen MR) is 190 cm³/mol. The highest BCUT2D eigenvalue weighted by Gasteiger charge is 2.76. The number of nitrogens with zero attached hydrogens (tertiary/aromatic N) is 3. The molecule has 6 atom stereocenters. The number of aliphatic hydroxyl groups excluding tert-OH is 1. The van der Waals surface area contributed by atoms with Crippen LogP contribution in [0.3, 0.4) is 0 Å². The van der Waals surface area contributed by atoms with Crippen LogP contribution in [0, 0.1) is 11.8 Å². The molecular formula is C37H40BrN3O4S. The second-order valence-corrected chi connectivity index (χ2v) is 15.0. The number of benzene rings is 3. The normalized spacial score (nSPS) is 26.3. The fourth-order valence-electron chi connectivity index (χ4n) is 7.69. The molecule has 3 amide bonds. The van der Waals surface area contributed by atoms with Gasteiger partial charge < -0.3 is 19.8 Å². The molecule has 9 heteroatoms. The Bertz CT molecular complexity index is 1640. The lowest BCUT2D eigenvalue weighted by atomic mass is 9.70. The molecule has 3 aromatic carbocycles. The molecule has 0 radical (unpaired) electrons. The Morgan fingerprint density at radius 3 is 2.28 bits per heavy atom. The summed E-state index contributed by atoms with van der Waals surface area (Å²) < 4.78 is -0.767. The van der Waals surface area contributed by atoms with E-state index in [1.165, 1.54) is 0 Å². The molecule has 0 aromatic heterocycles. The number of amides is 3. The molecule has 6 rings (SSSR count). The van der Waals surface area contributed by atoms with Crippen molar-refractivity contribution in [2.24, 2.45) is 11.8 Å². The largest absolute Gasteiger partial charge is 0.396 e. The second-order valence-electron chi connectivity index (χ2n) is 12.3. The number of unbranched alkanes of at least 4 members (excludes halogenated alkanes) is 2. The number of aliphatic hydroxyl groups is 1. The summed E-state index contributed by atoms with van der Waals surface area (Å²) in [6.45, 7) is 8.93. The molecule has 3 heterocycles. The van der Waals surface area contributed by atoms with Gasteiger partial charge in [0.05, 0.1) is 16.6 Å². The Kier molecular flexibility index (Phi) is 9.73. The highest BCUT2D eigenvalue weighted by atomic mass is 79.9. The summed E-state index contributed by atoms with van der Waals surface area (Å²) in [5.41, 5.74) is 1.51. The van der Waals surface area contributed by atoms with Gasteiger partial charge >= 0.3 is 0 Å². The van der Waals surface area contributed by atoms with E-state index in [1.54, 1.807) is 38.6 Å². The van der Waals surface area contributed by atoms with E-state index in [9.17, 15) is 19.5 Å². The number of carbonyl (C=O) groups excluding carboxylic acids is 3. The van der Waals surface area contributed by atoms with E-state index in [4.69, 9.17) is 0 Å². The number of likely N-dealkylation sites (tertiary alicyclic amines) is 1. The topological polar surface area (TPSA) is 81.2 Å². The van der Waals surface area contributed by atoms with Crippen LogP contribution in [0.15, 0.2) is 98.1 Å². The van der Waals surface area contributed by atoms with Crippen LogP contribution in [-0.4, -0.2) is 74.8 Å². The van der Waals surface area contributed by atoms with E-state index in [1.807, 2.05) is 72.8 Å². The third-order valence-electron chi connectivity index (χ3n) is 9.63. The quantitative estimate of drug-likeness (QED) is 0.130. The first kappa shape index (κ1) is 32.5. The zero-order valence-electron chi connectivity index (χ0n) is 25.8. The van der Waals surface area contributed by atoms with Gasteiger partial charge in [-0.3, -0.25) is 14.4 Å². The molecule has 7 nitrogen and oxygen atoms in total.